The summed E-state index contributed by atoms with van der Waals surface area (Å²) in [6, 6.07) is 13.3. The van der Waals surface area contributed by atoms with E-state index in [1.54, 1.807) is 12.1 Å². The van der Waals surface area contributed by atoms with Crippen LogP contribution in [-0.2, 0) is 16.1 Å². The number of hydrogen-bond donors (Lipinski definition) is 0. The van der Waals surface area contributed by atoms with Crippen LogP contribution in [-0.4, -0.2) is 31.1 Å². The second-order valence-corrected chi connectivity index (χ2v) is 5.46. The van der Waals surface area contributed by atoms with Crippen molar-refractivity contribution < 1.29 is 18.9 Å². The molecule has 2 heterocycles. The summed E-state index contributed by atoms with van der Waals surface area (Å²) in [5.74, 6) is 0.993. The highest BCUT2D eigenvalue weighted by atomic mass is 35.5. The van der Waals surface area contributed by atoms with Crippen molar-refractivity contribution >= 4 is 11.6 Å². The molecule has 0 radical (unpaired) electrons. The molecule has 1 saturated heterocycles. The minimum Gasteiger partial charge on any atom is -0.489 e. The van der Waals surface area contributed by atoms with Crippen LogP contribution in [0.15, 0.2) is 42.5 Å². The average Bonchev–Trinajstić information content (AvgIpc) is 2.60. The van der Waals surface area contributed by atoms with Crippen LogP contribution in [0.25, 0.3) is 0 Å². The number of nitrogens with zero attached hydrogens (tertiary/aromatic N) is 1. The lowest BCUT2D eigenvalue weighted by Gasteiger charge is -2.23. The molecule has 0 N–H and O–H groups in total. The summed E-state index contributed by atoms with van der Waals surface area (Å²) in [7, 11) is 0. The van der Waals surface area contributed by atoms with Crippen LogP contribution in [0.2, 0.25) is 5.15 Å². The summed E-state index contributed by atoms with van der Waals surface area (Å²) in [5, 5.41) is 0.316. The summed E-state index contributed by atoms with van der Waals surface area (Å²) in [4.78, 5) is 4.13. The van der Waals surface area contributed by atoms with Gasteiger partial charge in [0.25, 0.3) is 0 Å². The van der Waals surface area contributed by atoms with Gasteiger partial charge in [-0.05, 0) is 12.0 Å². The van der Waals surface area contributed by atoms with Gasteiger partial charge in [0, 0.05) is 12.1 Å². The molecular weight excluding hydrogens is 318 g/mol. The van der Waals surface area contributed by atoms with E-state index in [2.05, 4.69) is 4.98 Å². The molecule has 1 aromatic carbocycles. The van der Waals surface area contributed by atoms with Gasteiger partial charge in [0.1, 0.15) is 24.1 Å². The third-order valence-corrected chi connectivity index (χ3v) is 3.45. The highest BCUT2D eigenvalue weighted by Crippen LogP contribution is 2.23. The summed E-state index contributed by atoms with van der Waals surface area (Å²) >= 11 is 6.02. The maximum atomic E-state index is 6.02. The van der Waals surface area contributed by atoms with Crippen molar-refractivity contribution in [3.8, 4) is 11.6 Å². The van der Waals surface area contributed by atoms with Crippen LogP contribution < -0.4 is 9.47 Å². The van der Waals surface area contributed by atoms with Crippen molar-refractivity contribution in [1.82, 2.24) is 4.98 Å². The molecule has 122 valence electrons. The van der Waals surface area contributed by atoms with Gasteiger partial charge in [-0.25, -0.2) is 4.98 Å². The van der Waals surface area contributed by atoms with Gasteiger partial charge in [0.15, 0.2) is 6.29 Å². The minimum absolute atomic E-state index is 0.269. The third kappa shape index (κ3) is 5.10. The summed E-state index contributed by atoms with van der Waals surface area (Å²) in [6.45, 7) is 2.09. The van der Waals surface area contributed by atoms with Gasteiger partial charge < -0.3 is 18.9 Å². The Balaban J connectivity index is 1.57. The smallest absolute Gasteiger partial charge is 0.218 e. The van der Waals surface area contributed by atoms with E-state index in [-0.39, 0.29) is 12.9 Å². The number of halogens is 1. The predicted molar refractivity (Wildman–Crippen MR) is 85.8 cm³/mol. The quantitative estimate of drug-likeness (QED) is 0.757. The Hall–Kier alpha value is -1.82. The predicted octanol–water partition coefficient (Wildman–Crippen LogP) is 3.46. The maximum Gasteiger partial charge on any atom is 0.218 e. The molecule has 0 unspecified atom stereocenters. The van der Waals surface area contributed by atoms with Crippen molar-refractivity contribution in [3.05, 3.63) is 53.2 Å². The average molecular weight is 336 g/mol. The van der Waals surface area contributed by atoms with E-state index in [0.717, 1.165) is 12.0 Å². The summed E-state index contributed by atoms with van der Waals surface area (Å²) < 4.78 is 22.2. The monoisotopic (exact) mass is 335 g/mol. The number of benzene rings is 1. The standard InChI is InChI=1S/C17H18ClNO4/c18-15-9-14(22-11-13-5-2-1-3-6-13)10-16(19-15)23-12-17-20-7-4-8-21-17/h1-3,5-6,9-10,17H,4,7-8,11-12H2. The third-order valence-electron chi connectivity index (χ3n) is 3.26. The van der Waals surface area contributed by atoms with Crippen LogP contribution in [0.1, 0.15) is 12.0 Å². The molecule has 1 aliphatic heterocycles. The molecule has 1 aromatic heterocycles. The van der Waals surface area contributed by atoms with Crippen LogP contribution in [0.4, 0.5) is 0 Å². The number of rotatable bonds is 6. The van der Waals surface area contributed by atoms with Gasteiger partial charge in [-0.1, -0.05) is 41.9 Å². The zero-order valence-corrected chi connectivity index (χ0v) is 13.4. The molecule has 0 amide bonds. The molecule has 0 atom stereocenters. The van der Waals surface area contributed by atoms with E-state index in [1.807, 2.05) is 30.3 Å². The number of aromatic nitrogens is 1. The van der Waals surface area contributed by atoms with Crippen molar-refractivity contribution in [2.45, 2.75) is 19.3 Å². The minimum atomic E-state index is -0.363. The lowest BCUT2D eigenvalue weighted by Crippen LogP contribution is -2.30. The number of pyridine rings is 1. The van der Waals surface area contributed by atoms with Gasteiger partial charge >= 0.3 is 0 Å². The zero-order valence-electron chi connectivity index (χ0n) is 12.6. The van der Waals surface area contributed by atoms with Gasteiger partial charge in [-0.15, -0.1) is 0 Å². The van der Waals surface area contributed by atoms with E-state index in [9.17, 15) is 0 Å². The Labute approximate surface area is 140 Å². The fourth-order valence-electron chi connectivity index (χ4n) is 2.13. The number of ether oxygens (including phenoxy) is 4. The molecule has 3 rings (SSSR count). The fourth-order valence-corrected chi connectivity index (χ4v) is 2.33. The van der Waals surface area contributed by atoms with Gasteiger partial charge in [0.2, 0.25) is 5.88 Å². The number of hydrogen-bond acceptors (Lipinski definition) is 5. The first-order chi connectivity index (χ1) is 11.3. The van der Waals surface area contributed by atoms with E-state index in [1.165, 1.54) is 0 Å². The largest absolute Gasteiger partial charge is 0.489 e. The summed E-state index contributed by atoms with van der Waals surface area (Å²) in [5.41, 5.74) is 1.08. The molecule has 2 aromatic rings. The van der Waals surface area contributed by atoms with Crippen molar-refractivity contribution in [1.29, 1.82) is 0 Å². The second kappa shape index (κ2) is 8.15. The molecule has 6 heteroatoms. The molecule has 1 fully saturated rings. The highest BCUT2D eigenvalue weighted by molar-refractivity contribution is 6.29. The van der Waals surface area contributed by atoms with Crippen LogP contribution >= 0.6 is 11.6 Å². The molecule has 23 heavy (non-hydrogen) atoms. The second-order valence-electron chi connectivity index (χ2n) is 5.07. The lowest BCUT2D eigenvalue weighted by atomic mass is 10.2. The Morgan fingerprint density at radius 3 is 2.65 bits per heavy atom. The Morgan fingerprint density at radius 1 is 1.09 bits per heavy atom. The first kappa shape index (κ1) is 16.1. The fraction of sp³-hybridized carbons (Fsp3) is 0.353. The normalized spacial score (nSPS) is 15.3. The maximum absolute atomic E-state index is 6.02. The van der Waals surface area contributed by atoms with Crippen molar-refractivity contribution in [2.24, 2.45) is 0 Å². The lowest BCUT2D eigenvalue weighted by molar-refractivity contribution is -0.191. The molecular formula is C17H18ClNO4. The van der Waals surface area contributed by atoms with Crippen LogP contribution in [0.3, 0.4) is 0 Å². The molecule has 5 nitrogen and oxygen atoms in total. The SMILES string of the molecule is Clc1cc(OCc2ccccc2)cc(OCC2OCCCO2)n1. The highest BCUT2D eigenvalue weighted by Gasteiger charge is 2.15. The Kier molecular flexibility index (Phi) is 5.69. The molecule has 0 saturated carbocycles. The van der Waals surface area contributed by atoms with Gasteiger partial charge in [-0.3, -0.25) is 0 Å². The van der Waals surface area contributed by atoms with E-state index < -0.39 is 0 Å². The van der Waals surface area contributed by atoms with Crippen LogP contribution in [0, 0.1) is 0 Å². The first-order valence-corrected chi connectivity index (χ1v) is 7.88. The Morgan fingerprint density at radius 2 is 1.87 bits per heavy atom. The van der Waals surface area contributed by atoms with Gasteiger partial charge in [-0.2, -0.15) is 0 Å². The Bertz CT molecular complexity index is 617. The summed E-state index contributed by atoms with van der Waals surface area (Å²) in [6.07, 6.45) is 0.543. The van der Waals surface area contributed by atoms with E-state index in [0.29, 0.717) is 36.6 Å². The van der Waals surface area contributed by atoms with Crippen LogP contribution in [0.5, 0.6) is 11.6 Å². The van der Waals surface area contributed by atoms with Crippen molar-refractivity contribution in [2.75, 3.05) is 19.8 Å². The zero-order chi connectivity index (χ0) is 15.9. The van der Waals surface area contributed by atoms with E-state index >= 15 is 0 Å². The topological polar surface area (TPSA) is 49.8 Å². The molecule has 1 aliphatic rings. The molecule has 0 spiro atoms. The van der Waals surface area contributed by atoms with Gasteiger partial charge in [0.05, 0.1) is 13.2 Å². The molecule has 0 aliphatic carbocycles. The van der Waals surface area contributed by atoms with E-state index in [4.69, 9.17) is 30.5 Å². The van der Waals surface area contributed by atoms with Crippen molar-refractivity contribution in [3.63, 3.8) is 0 Å². The molecule has 0 bridgehead atoms. The first-order valence-electron chi connectivity index (χ1n) is 7.50.